The number of piperidine rings is 1. The van der Waals surface area contributed by atoms with Crippen molar-refractivity contribution in [2.75, 3.05) is 11.9 Å². The number of carbonyl (C=O) groups excluding carboxylic acids is 2. The van der Waals surface area contributed by atoms with Crippen LogP contribution in [0.5, 0.6) is 0 Å². The molecule has 3 rings (SSSR count). The van der Waals surface area contributed by atoms with E-state index in [1.54, 1.807) is 10.4 Å². The molecule has 2 aliphatic rings. The highest BCUT2D eigenvalue weighted by molar-refractivity contribution is 9.10. The van der Waals surface area contributed by atoms with Crippen LogP contribution in [0.3, 0.4) is 0 Å². The quantitative estimate of drug-likeness (QED) is 0.702. The molecule has 27 heavy (non-hydrogen) atoms. The Labute approximate surface area is 167 Å². The average molecular weight is 441 g/mol. The summed E-state index contributed by atoms with van der Waals surface area (Å²) in [6.45, 7) is 6.92. The second-order valence-electron chi connectivity index (χ2n) is 7.00. The van der Waals surface area contributed by atoms with E-state index in [0.717, 1.165) is 40.8 Å². The summed E-state index contributed by atoms with van der Waals surface area (Å²) in [6, 6.07) is 5.12. The highest BCUT2D eigenvalue weighted by Crippen LogP contribution is 2.28. The summed E-state index contributed by atoms with van der Waals surface area (Å²) >= 11 is 3.48. The van der Waals surface area contributed by atoms with Crippen molar-refractivity contribution in [3.63, 3.8) is 0 Å². The molecule has 1 amide bonds. The van der Waals surface area contributed by atoms with E-state index < -0.39 is 6.04 Å². The smallest absolute Gasteiger partial charge is 0.243 e. The van der Waals surface area contributed by atoms with E-state index in [1.165, 1.54) is 0 Å². The molecule has 0 spiro atoms. The molecule has 0 aliphatic carbocycles. The van der Waals surface area contributed by atoms with E-state index >= 15 is 0 Å². The van der Waals surface area contributed by atoms with Crippen LogP contribution in [0.2, 0.25) is 0 Å². The number of likely N-dealkylation sites (tertiary alicyclic amines) is 1. The minimum atomic E-state index is -0.812. The standard InChI is InChI=1S/C18H24BrFN4O.CH2O/c1-11(2)16(23-20)18(25)24-8-4-3-5-15(24)17-21-10-12-9-13(19)6-7-14(12)22-17;1-2/h6-7,9,11,15-16,23H,3-5,8,10H2,1-2H3,(H,21,22);1H2. The Morgan fingerprint density at radius 1 is 1.41 bits per heavy atom. The third kappa shape index (κ3) is 4.93. The number of benzene rings is 1. The van der Waals surface area contributed by atoms with Crippen molar-refractivity contribution < 1.29 is 14.1 Å². The van der Waals surface area contributed by atoms with Gasteiger partial charge in [-0.2, -0.15) is 0 Å². The van der Waals surface area contributed by atoms with Gasteiger partial charge >= 0.3 is 0 Å². The van der Waals surface area contributed by atoms with Gasteiger partial charge in [0.2, 0.25) is 5.91 Å². The van der Waals surface area contributed by atoms with E-state index in [-0.39, 0.29) is 17.9 Å². The van der Waals surface area contributed by atoms with Crippen LogP contribution < -0.4 is 10.9 Å². The first kappa shape index (κ1) is 21.5. The highest BCUT2D eigenvalue weighted by Gasteiger charge is 2.36. The van der Waals surface area contributed by atoms with Crippen LogP contribution in [0.4, 0.5) is 10.2 Å². The van der Waals surface area contributed by atoms with Gasteiger partial charge in [0.05, 0.1) is 12.6 Å². The molecule has 1 fully saturated rings. The zero-order chi connectivity index (χ0) is 20.0. The van der Waals surface area contributed by atoms with Crippen molar-refractivity contribution in [1.29, 1.82) is 0 Å². The SMILES string of the molecule is C=O.CC(C)C(NF)C(=O)N1CCCCC1C1=NCc2cc(Br)ccc2N1. The first-order valence-electron chi connectivity index (χ1n) is 9.06. The number of nitrogens with one attached hydrogen (secondary N) is 2. The molecule has 148 valence electrons. The van der Waals surface area contributed by atoms with E-state index in [4.69, 9.17) is 4.79 Å². The molecule has 2 atom stereocenters. The Morgan fingerprint density at radius 2 is 2.15 bits per heavy atom. The van der Waals surface area contributed by atoms with Crippen LogP contribution >= 0.6 is 15.9 Å². The topological polar surface area (TPSA) is 73.8 Å². The summed E-state index contributed by atoms with van der Waals surface area (Å²) < 4.78 is 14.2. The summed E-state index contributed by atoms with van der Waals surface area (Å²) in [5.41, 5.74) is 3.83. The van der Waals surface area contributed by atoms with Crippen LogP contribution in [0.1, 0.15) is 38.7 Å². The molecule has 2 unspecified atom stereocenters. The van der Waals surface area contributed by atoms with Gasteiger partial charge in [0.1, 0.15) is 18.7 Å². The van der Waals surface area contributed by atoms with Crippen molar-refractivity contribution in [3.8, 4) is 0 Å². The molecule has 2 N–H and O–H groups in total. The largest absolute Gasteiger partial charge is 0.342 e. The number of hydrogen-bond acceptors (Lipinski definition) is 5. The zero-order valence-electron chi connectivity index (χ0n) is 15.7. The fraction of sp³-hybridized carbons (Fsp3) is 0.526. The van der Waals surface area contributed by atoms with Crippen LogP contribution in [0, 0.1) is 5.92 Å². The lowest BCUT2D eigenvalue weighted by atomic mass is 9.96. The van der Waals surface area contributed by atoms with Gasteiger partial charge in [-0.1, -0.05) is 29.8 Å². The molecule has 0 saturated carbocycles. The van der Waals surface area contributed by atoms with Crippen LogP contribution in [0.15, 0.2) is 27.7 Å². The monoisotopic (exact) mass is 440 g/mol. The predicted octanol–water partition coefficient (Wildman–Crippen LogP) is 3.47. The maximum Gasteiger partial charge on any atom is 0.243 e. The number of carbonyl (C=O) groups is 2. The average Bonchev–Trinajstić information content (AvgIpc) is 2.69. The van der Waals surface area contributed by atoms with Crippen molar-refractivity contribution in [2.45, 2.75) is 51.7 Å². The number of rotatable bonds is 4. The van der Waals surface area contributed by atoms with Crippen LogP contribution in [-0.2, 0) is 16.1 Å². The number of halogens is 2. The molecular formula is C19H26BrFN4O2. The van der Waals surface area contributed by atoms with Gasteiger partial charge in [0.15, 0.2) is 0 Å². The number of amidine groups is 1. The molecule has 6 nitrogen and oxygen atoms in total. The number of nitrogens with zero attached hydrogens (tertiary/aromatic N) is 2. The molecular weight excluding hydrogens is 415 g/mol. The fourth-order valence-corrected chi connectivity index (χ4v) is 3.88. The Hall–Kier alpha value is -1.80. The molecule has 2 aliphatic heterocycles. The van der Waals surface area contributed by atoms with Gasteiger partial charge in [-0.25, -0.2) is 0 Å². The molecule has 0 radical (unpaired) electrons. The summed E-state index contributed by atoms with van der Waals surface area (Å²) in [5, 5.41) is 3.39. The normalized spacial score (nSPS) is 20.0. The van der Waals surface area contributed by atoms with Crippen molar-refractivity contribution in [2.24, 2.45) is 10.9 Å². The van der Waals surface area contributed by atoms with Gasteiger partial charge in [-0.3, -0.25) is 9.79 Å². The lowest BCUT2D eigenvalue weighted by Crippen LogP contribution is -2.56. The van der Waals surface area contributed by atoms with Crippen LogP contribution in [0.25, 0.3) is 0 Å². The lowest BCUT2D eigenvalue weighted by molar-refractivity contribution is -0.138. The number of hydrogen-bond donors (Lipinski definition) is 2. The third-order valence-electron chi connectivity index (χ3n) is 4.90. The highest BCUT2D eigenvalue weighted by atomic mass is 79.9. The molecule has 1 aromatic carbocycles. The predicted molar refractivity (Wildman–Crippen MR) is 108 cm³/mol. The Balaban J connectivity index is 0.00000126. The minimum absolute atomic E-state index is 0.112. The van der Waals surface area contributed by atoms with Gasteiger partial charge in [-0.15, -0.1) is 10.0 Å². The second-order valence-corrected chi connectivity index (χ2v) is 7.92. The van der Waals surface area contributed by atoms with Crippen LogP contribution in [-0.4, -0.2) is 42.1 Å². The van der Waals surface area contributed by atoms with E-state index in [0.29, 0.717) is 13.1 Å². The maximum atomic E-state index is 13.2. The van der Waals surface area contributed by atoms with Crippen molar-refractivity contribution >= 4 is 40.1 Å². The zero-order valence-corrected chi connectivity index (χ0v) is 17.3. The Kier molecular flexibility index (Phi) is 7.91. The number of anilines is 1. The number of amides is 1. The lowest BCUT2D eigenvalue weighted by Gasteiger charge is -2.39. The van der Waals surface area contributed by atoms with E-state index in [1.807, 2.05) is 38.8 Å². The molecule has 1 saturated heterocycles. The van der Waals surface area contributed by atoms with Gasteiger partial charge in [0.25, 0.3) is 0 Å². The Morgan fingerprint density at radius 3 is 2.81 bits per heavy atom. The molecule has 0 bridgehead atoms. The summed E-state index contributed by atoms with van der Waals surface area (Å²) in [5.74, 6) is 0.511. The first-order valence-corrected chi connectivity index (χ1v) is 9.86. The van der Waals surface area contributed by atoms with E-state index in [9.17, 15) is 9.28 Å². The summed E-state index contributed by atoms with van der Waals surface area (Å²) in [6.07, 6.45) is 2.83. The number of fused-ring (bicyclic) bond motifs is 1. The minimum Gasteiger partial charge on any atom is -0.342 e. The third-order valence-corrected chi connectivity index (χ3v) is 5.39. The van der Waals surface area contributed by atoms with Crippen molar-refractivity contribution in [1.82, 2.24) is 10.4 Å². The fourth-order valence-electron chi connectivity index (χ4n) is 3.47. The summed E-state index contributed by atoms with van der Waals surface area (Å²) in [4.78, 5) is 27.3. The number of aliphatic imine (C=N–C) groups is 1. The van der Waals surface area contributed by atoms with Crippen molar-refractivity contribution in [3.05, 3.63) is 28.2 Å². The molecule has 1 aromatic rings. The molecule has 8 heteroatoms. The maximum absolute atomic E-state index is 13.2. The molecule has 2 heterocycles. The summed E-state index contributed by atoms with van der Waals surface area (Å²) in [7, 11) is 0. The van der Waals surface area contributed by atoms with Gasteiger partial charge in [-0.05, 0) is 48.9 Å². The Bertz CT molecular complexity index is 698. The van der Waals surface area contributed by atoms with Gasteiger partial charge in [0, 0.05) is 16.7 Å². The van der Waals surface area contributed by atoms with E-state index in [2.05, 4.69) is 26.2 Å². The van der Waals surface area contributed by atoms with Gasteiger partial charge < -0.3 is 15.0 Å². The first-order chi connectivity index (χ1) is 13.0. The second kappa shape index (κ2) is 9.94. The molecule has 0 aromatic heterocycles.